The van der Waals surface area contributed by atoms with Crippen molar-refractivity contribution in [1.82, 2.24) is 10.6 Å². The predicted octanol–water partition coefficient (Wildman–Crippen LogP) is 3.56. The monoisotopic (exact) mass is 543 g/mol. The second kappa shape index (κ2) is 12.8. The number of benzene rings is 3. The normalized spacial score (nSPS) is 15.2. The standard InChI is InChI=1S/C31H37N5O4/c1-31(2,32)19-28(38)34-26-16-15-23-7-3-6-10-27(23)36(29(26)39)20-21-11-13-22(14-12-21)24-8-4-5-9-25(24)35-30(40)33-17-18-37/h3-14,26,37H,15-20,32H2,1-2H3,(H,34,38)(H2,33,35,40)/t26-/m1/s1. The highest BCUT2D eigenvalue weighted by atomic mass is 16.3. The molecule has 0 aliphatic carbocycles. The number of urea groups is 1. The highest BCUT2D eigenvalue weighted by Gasteiger charge is 2.32. The van der Waals surface area contributed by atoms with Gasteiger partial charge < -0.3 is 31.7 Å². The summed E-state index contributed by atoms with van der Waals surface area (Å²) in [4.78, 5) is 40.3. The summed E-state index contributed by atoms with van der Waals surface area (Å²) in [6.07, 6.45) is 1.31. The van der Waals surface area contributed by atoms with Crippen molar-refractivity contribution >= 4 is 29.2 Å². The molecule has 40 heavy (non-hydrogen) atoms. The van der Waals surface area contributed by atoms with Gasteiger partial charge >= 0.3 is 6.03 Å². The number of aliphatic hydroxyl groups is 1. The third kappa shape index (κ3) is 7.46. The molecule has 0 aromatic heterocycles. The molecule has 4 amide bonds. The van der Waals surface area contributed by atoms with Crippen molar-refractivity contribution in [1.29, 1.82) is 0 Å². The van der Waals surface area contributed by atoms with Gasteiger partial charge in [0.25, 0.3) is 0 Å². The maximum absolute atomic E-state index is 13.7. The molecule has 3 aromatic rings. The van der Waals surface area contributed by atoms with Gasteiger partial charge in [-0.05, 0) is 55.5 Å². The summed E-state index contributed by atoms with van der Waals surface area (Å²) in [5.74, 6) is -0.390. The van der Waals surface area contributed by atoms with Crippen LogP contribution < -0.4 is 26.6 Å². The molecule has 4 rings (SSSR count). The number of aliphatic hydroxyl groups excluding tert-OH is 1. The topological polar surface area (TPSA) is 137 Å². The Labute approximate surface area is 234 Å². The Morgan fingerprint density at radius 3 is 2.45 bits per heavy atom. The molecule has 1 atom stereocenters. The second-order valence-electron chi connectivity index (χ2n) is 10.7. The first-order valence-corrected chi connectivity index (χ1v) is 13.5. The number of hydrogen-bond acceptors (Lipinski definition) is 5. The molecule has 210 valence electrons. The van der Waals surface area contributed by atoms with E-state index in [1.54, 1.807) is 18.7 Å². The van der Waals surface area contributed by atoms with E-state index in [-0.39, 0.29) is 31.4 Å². The Balaban J connectivity index is 1.55. The molecule has 1 heterocycles. The Hall–Kier alpha value is -4.21. The number of para-hydroxylation sites is 2. The van der Waals surface area contributed by atoms with E-state index in [9.17, 15) is 14.4 Å². The van der Waals surface area contributed by atoms with E-state index < -0.39 is 17.6 Å². The van der Waals surface area contributed by atoms with Crippen LogP contribution in [-0.2, 0) is 22.6 Å². The minimum atomic E-state index is -0.667. The SMILES string of the molecule is CC(C)(N)CC(=O)N[C@@H]1CCc2ccccc2N(Cc2ccc(-c3ccccc3NC(=O)NCCO)cc2)C1=O. The van der Waals surface area contributed by atoms with E-state index in [1.165, 1.54) is 0 Å². The zero-order valence-electron chi connectivity index (χ0n) is 22.9. The van der Waals surface area contributed by atoms with Crippen LogP contribution in [0.15, 0.2) is 72.8 Å². The van der Waals surface area contributed by atoms with E-state index in [2.05, 4.69) is 16.0 Å². The first-order valence-electron chi connectivity index (χ1n) is 13.5. The Morgan fingerprint density at radius 1 is 1.02 bits per heavy atom. The van der Waals surface area contributed by atoms with Gasteiger partial charge in [0.1, 0.15) is 6.04 Å². The lowest BCUT2D eigenvalue weighted by Gasteiger charge is -2.27. The second-order valence-corrected chi connectivity index (χ2v) is 10.7. The lowest BCUT2D eigenvalue weighted by atomic mass is 10.0. The summed E-state index contributed by atoms with van der Waals surface area (Å²) in [7, 11) is 0. The Morgan fingerprint density at radius 2 is 1.73 bits per heavy atom. The van der Waals surface area contributed by atoms with Crippen molar-refractivity contribution in [2.45, 2.75) is 51.2 Å². The van der Waals surface area contributed by atoms with Crippen LogP contribution in [0.1, 0.15) is 37.8 Å². The largest absolute Gasteiger partial charge is 0.395 e. The van der Waals surface area contributed by atoms with E-state index in [0.29, 0.717) is 25.1 Å². The molecule has 6 N–H and O–H groups in total. The Kier molecular flexibility index (Phi) is 9.19. The number of carbonyl (C=O) groups is 3. The van der Waals surface area contributed by atoms with Crippen molar-refractivity contribution in [2.24, 2.45) is 5.73 Å². The molecule has 0 spiro atoms. The van der Waals surface area contributed by atoms with Gasteiger partial charge in [-0.3, -0.25) is 9.59 Å². The summed E-state index contributed by atoms with van der Waals surface area (Å²) < 4.78 is 0. The molecule has 0 unspecified atom stereocenters. The zero-order chi connectivity index (χ0) is 28.7. The van der Waals surface area contributed by atoms with Crippen LogP contribution in [0, 0.1) is 0 Å². The van der Waals surface area contributed by atoms with Crippen LogP contribution in [0.2, 0.25) is 0 Å². The quantitative estimate of drug-likeness (QED) is 0.281. The van der Waals surface area contributed by atoms with Gasteiger partial charge in [-0.2, -0.15) is 0 Å². The number of fused-ring (bicyclic) bond motifs is 1. The van der Waals surface area contributed by atoms with Crippen LogP contribution in [0.3, 0.4) is 0 Å². The number of rotatable bonds is 9. The minimum absolute atomic E-state index is 0.130. The fourth-order valence-electron chi connectivity index (χ4n) is 4.82. The molecule has 1 aliphatic rings. The maximum Gasteiger partial charge on any atom is 0.319 e. The average molecular weight is 544 g/mol. The summed E-state index contributed by atoms with van der Waals surface area (Å²) in [5, 5.41) is 17.3. The smallest absolute Gasteiger partial charge is 0.319 e. The van der Waals surface area contributed by atoms with Crippen LogP contribution >= 0.6 is 0 Å². The van der Waals surface area contributed by atoms with Gasteiger partial charge in [0.15, 0.2) is 0 Å². The number of amides is 4. The molecule has 0 saturated heterocycles. The van der Waals surface area contributed by atoms with Crippen molar-refractivity contribution in [3.05, 3.63) is 83.9 Å². The van der Waals surface area contributed by atoms with Crippen LogP contribution in [0.4, 0.5) is 16.2 Å². The van der Waals surface area contributed by atoms with Crippen LogP contribution in [0.25, 0.3) is 11.1 Å². The van der Waals surface area contributed by atoms with Gasteiger partial charge in [-0.1, -0.05) is 60.7 Å². The number of nitrogens with zero attached hydrogens (tertiary/aromatic N) is 1. The first kappa shape index (κ1) is 28.8. The van der Waals surface area contributed by atoms with Gasteiger partial charge in [0.2, 0.25) is 11.8 Å². The molecular formula is C31H37N5O4. The highest BCUT2D eigenvalue weighted by molar-refractivity contribution is 6.00. The first-order chi connectivity index (χ1) is 19.1. The number of anilines is 2. The molecular weight excluding hydrogens is 506 g/mol. The third-order valence-electron chi connectivity index (χ3n) is 6.68. The molecule has 0 radical (unpaired) electrons. The number of nitrogens with one attached hydrogen (secondary N) is 3. The van der Waals surface area contributed by atoms with E-state index in [4.69, 9.17) is 10.8 Å². The fraction of sp³-hybridized carbons (Fsp3) is 0.323. The number of carbonyl (C=O) groups excluding carboxylic acids is 3. The predicted molar refractivity (Wildman–Crippen MR) is 157 cm³/mol. The van der Waals surface area contributed by atoms with E-state index in [0.717, 1.165) is 27.9 Å². The maximum atomic E-state index is 13.7. The summed E-state index contributed by atoms with van der Waals surface area (Å²) >= 11 is 0. The van der Waals surface area contributed by atoms with Crippen LogP contribution in [0.5, 0.6) is 0 Å². The van der Waals surface area contributed by atoms with Crippen molar-refractivity contribution in [3.8, 4) is 11.1 Å². The summed E-state index contributed by atoms with van der Waals surface area (Å²) in [6.45, 7) is 3.94. The van der Waals surface area contributed by atoms with Crippen molar-refractivity contribution in [3.63, 3.8) is 0 Å². The molecule has 0 saturated carbocycles. The van der Waals surface area contributed by atoms with Gasteiger partial charge in [-0.25, -0.2) is 4.79 Å². The van der Waals surface area contributed by atoms with Gasteiger partial charge in [-0.15, -0.1) is 0 Å². The highest BCUT2D eigenvalue weighted by Crippen LogP contribution is 2.31. The van der Waals surface area contributed by atoms with Gasteiger partial charge in [0, 0.05) is 29.8 Å². The average Bonchev–Trinajstić information content (AvgIpc) is 3.04. The van der Waals surface area contributed by atoms with Crippen molar-refractivity contribution < 1.29 is 19.5 Å². The van der Waals surface area contributed by atoms with E-state index in [1.807, 2.05) is 72.8 Å². The number of aryl methyl sites for hydroxylation is 1. The zero-order valence-corrected chi connectivity index (χ0v) is 22.9. The molecule has 9 heteroatoms. The summed E-state index contributed by atoms with van der Waals surface area (Å²) in [6, 6.07) is 22.1. The molecule has 1 aliphatic heterocycles. The molecule has 9 nitrogen and oxygen atoms in total. The number of hydrogen-bond donors (Lipinski definition) is 5. The van der Waals surface area contributed by atoms with E-state index >= 15 is 0 Å². The molecule has 3 aromatic carbocycles. The molecule has 0 fully saturated rings. The third-order valence-corrected chi connectivity index (χ3v) is 6.68. The Bertz CT molecular complexity index is 1350. The minimum Gasteiger partial charge on any atom is -0.395 e. The van der Waals surface area contributed by atoms with Crippen molar-refractivity contribution in [2.75, 3.05) is 23.4 Å². The molecule has 0 bridgehead atoms. The van der Waals surface area contributed by atoms with Crippen LogP contribution in [-0.4, -0.2) is 47.7 Å². The fourth-order valence-corrected chi connectivity index (χ4v) is 4.82. The lowest BCUT2D eigenvalue weighted by Crippen LogP contribution is -2.49. The summed E-state index contributed by atoms with van der Waals surface area (Å²) in [5.41, 5.74) is 10.6. The van der Waals surface area contributed by atoms with Gasteiger partial charge in [0.05, 0.1) is 18.8 Å². The lowest BCUT2D eigenvalue weighted by molar-refractivity contribution is -0.128. The number of nitrogens with two attached hydrogens (primary N) is 1.